The lowest BCUT2D eigenvalue weighted by Gasteiger charge is -2.16. The van der Waals surface area contributed by atoms with E-state index in [0.717, 1.165) is 23.9 Å². The summed E-state index contributed by atoms with van der Waals surface area (Å²) in [6.45, 7) is 1.48. The topological polar surface area (TPSA) is 133 Å². The Balaban J connectivity index is 1.62. The standard InChI is InChI=1S/C24H22F3N7O4S2/c1-13-30-32-22(40-13)29-20(35)12-39-23-33-31-19(34(23)17-10-14(37-2)8-9-18(17)38-3)11-28-21(36)15-6-4-5-7-16(15)24(25,26)27/h4-10H,11-12H2,1-3H3,(H,28,36)(H,29,32,35). The molecular weight excluding hydrogens is 571 g/mol. The zero-order chi connectivity index (χ0) is 28.9. The highest BCUT2D eigenvalue weighted by molar-refractivity contribution is 7.99. The number of carbonyl (C=O) groups is 2. The summed E-state index contributed by atoms with van der Waals surface area (Å²) in [6, 6.07) is 9.44. The number of carbonyl (C=O) groups excluding carboxylic acids is 2. The molecule has 0 bridgehead atoms. The van der Waals surface area contributed by atoms with E-state index in [4.69, 9.17) is 9.47 Å². The van der Waals surface area contributed by atoms with Crippen LogP contribution in [0.1, 0.15) is 26.8 Å². The van der Waals surface area contributed by atoms with E-state index in [1.165, 1.54) is 42.3 Å². The van der Waals surface area contributed by atoms with Crippen molar-refractivity contribution in [2.75, 3.05) is 25.3 Å². The summed E-state index contributed by atoms with van der Waals surface area (Å²) in [7, 11) is 2.93. The summed E-state index contributed by atoms with van der Waals surface area (Å²) < 4.78 is 52.6. The zero-order valence-electron chi connectivity index (χ0n) is 21.3. The van der Waals surface area contributed by atoms with Crippen molar-refractivity contribution in [3.8, 4) is 17.2 Å². The normalized spacial score (nSPS) is 11.2. The average molecular weight is 594 g/mol. The van der Waals surface area contributed by atoms with Crippen LogP contribution in [0.15, 0.2) is 47.6 Å². The van der Waals surface area contributed by atoms with Crippen molar-refractivity contribution in [2.45, 2.75) is 24.8 Å². The van der Waals surface area contributed by atoms with Gasteiger partial charge in [0.2, 0.25) is 11.0 Å². The molecule has 0 aliphatic heterocycles. The van der Waals surface area contributed by atoms with Gasteiger partial charge in [-0.05, 0) is 31.2 Å². The fourth-order valence-electron chi connectivity index (χ4n) is 3.54. The van der Waals surface area contributed by atoms with Crippen LogP contribution in [0.2, 0.25) is 0 Å². The van der Waals surface area contributed by atoms with Crippen molar-refractivity contribution in [3.63, 3.8) is 0 Å². The van der Waals surface area contributed by atoms with Crippen LogP contribution < -0.4 is 20.1 Å². The number of anilines is 1. The molecule has 2 amide bonds. The molecule has 2 N–H and O–H groups in total. The van der Waals surface area contributed by atoms with Crippen molar-refractivity contribution < 1.29 is 32.2 Å². The van der Waals surface area contributed by atoms with E-state index >= 15 is 0 Å². The SMILES string of the molecule is COc1ccc(OC)c(-n2c(CNC(=O)c3ccccc3C(F)(F)F)nnc2SCC(=O)Nc2nnc(C)s2)c1. The van der Waals surface area contributed by atoms with Crippen molar-refractivity contribution >= 4 is 40.0 Å². The largest absolute Gasteiger partial charge is 0.497 e. The highest BCUT2D eigenvalue weighted by Crippen LogP contribution is 2.33. The van der Waals surface area contributed by atoms with Gasteiger partial charge in [0.15, 0.2) is 11.0 Å². The van der Waals surface area contributed by atoms with Gasteiger partial charge in [0.25, 0.3) is 5.91 Å². The number of nitrogens with one attached hydrogen (secondary N) is 2. The number of thioether (sulfide) groups is 1. The van der Waals surface area contributed by atoms with Crippen LogP contribution in [-0.4, -0.2) is 56.7 Å². The number of ether oxygens (including phenoxy) is 2. The second-order valence-electron chi connectivity index (χ2n) is 7.96. The van der Waals surface area contributed by atoms with E-state index in [0.29, 0.717) is 27.3 Å². The third-order valence-corrected chi connectivity index (χ3v) is 7.00. The van der Waals surface area contributed by atoms with Gasteiger partial charge in [0.05, 0.1) is 43.3 Å². The highest BCUT2D eigenvalue weighted by atomic mass is 32.2. The number of methoxy groups -OCH3 is 2. The molecule has 0 saturated carbocycles. The Hall–Kier alpha value is -4.18. The number of hydrogen-bond donors (Lipinski definition) is 2. The van der Waals surface area contributed by atoms with Crippen LogP contribution in [0.4, 0.5) is 18.3 Å². The third-order valence-electron chi connectivity index (χ3n) is 5.32. The Kier molecular flexibility index (Phi) is 8.89. The number of aryl methyl sites for hydroxylation is 1. The van der Waals surface area contributed by atoms with E-state index in [1.807, 2.05) is 0 Å². The summed E-state index contributed by atoms with van der Waals surface area (Å²) in [6.07, 6.45) is -4.71. The van der Waals surface area contributed by atoms with Gasteiger partial charge in [0, 0.05) is 6.07 Å². The van der Waals surface area contributed by atoms with E-state index in [1.54, 1.807) is 25.1 Å². The summed E-state index contributed by atoms with van der Waals surface area (Å²) >= 11 is 2.27. The summed E-state index contributed by atoms with van der Waals surface area (Å²) in [5, 5.41) is 22.4. The minimum absolute atomic E-state index is 0.0750. The molecule has 2 aromatic carbocycles. The minimum Gasteiger partial charge on any atom is -0.497 e. The van der Waals surface area contributed by atoms with Gasteiger partial charge in [-0.3, -0.25) is 19.5 Å². The molecule has 11 nitrogen and oxygen atoms in total. The molecule has 0 atom stereocenters. The predicted molar refractivity (Wildman–Crippen MR) is 141 cm³/mol. The zero-order valence-corrected chi connectivity index (χ0v) is 22.9. The molecule has 0 aliphatic carbocycles. The molecule has 2 aromatic heterocycles. The lowest BCUT2D eigenvalue weighted by molar-refractivity contribution is -0.138. The smallest absolute Gasteiger partial charge is 0.417 e. The maximum absolute atomic E-state index is 13.4. The fourth-order valence-corrected chi connectivity index (χ4v) is 4.91. The number of rotatable bonds is 10. The van der Waals surface area contributed by atoms with Crippen molar-refractivity contribution in [1.29, 1.82) is 0 Å². The van der Waals surface area contributed by atoms with E-state index in [2.05, 4.69) is 31.0 Å². The van der Waals surface area contributed by atoms with E-state index in [9.17, 15) is 22.8 Å². The maximum Gasteiger partial charge on any atom is 0.417 e. The number of amides is 2. The first-order valence-corrected chi connectivity index (χ1v) is 13.2. The Morgan fingerprint density at radius 1 is 1.05 bits per heavy atom. The van der Waals surface area contributed by atoms with Crippen LogP contribution in [0.25, 0.3) is 5.69 Å². The number of aromatic nitrogens is 5. The molecule has 210 valence electrons. The average Bonchev–Trinajstić information content (AvgIpc) is 3.54. The Morgan fingerprint density at radius 3 is 2.50 bits per heavy atom. The first-order chi connectivity index (χ1) is 19.1. The Bertz CT molecular complexity index is 1520. The number of alkyl halides is 3. The summed E-state index contributed by atoms with van der Waals surface area (Å²) in [5.74, 6) is -0.348. The van der Waals surface area contributed by atoms with Gasteiger partial charge < -0.3 is 14.8 Å². The number of halogens is 3. The number of hydrogen-bond acceptors (Lipinski definition) is 10. The quantitative estimate of drug-likeness (QED) is 0.261. The molecule has 40 heavy (non-hydrogen) atoms. The van der Waals surface area contributed by atoms with Crippen LogP contribution in [0.3, 0.4) is 0 Å². The van der Waals surface area contributed by atoms with Gasteiger partial charge >= 0.3 is 6.18 Å². The van der Waals surface area contributed by atoms with Gasteiger partial charge in [-0.25, -0.2) is 0 Å². The van der Waals surface area contributed by atoms with Crippen LogP contribution >= 0.6 is 23.1 Å². The highest BCUT2D eigenvalue weighted by Gasteiger charge is 2.35. The van der Waals surface area contributed by atoms with E-state index in [-0.39, 0.29) is 29.2 Å². The Labute approximate surface area is 234 Å². The second-order valence-corrected chi connectivity index (χ2v) is 10.1. The molecule has 0 radical (unpaired) electrons. The van der Waals surface area contributed by atoms with Crippen LogP contribution in [0, 0.1) is 6.92 Å². The first kappa shape index (κ1) is 28.8. The first-order valence-electron chi connectivity index (χ1n) is 11.4. The van der Waals surface area contributed by atoms with Crippen molar-refractivity contribution in [1.82, 2.24) is 30.3 Å². The van der Waals surface area contributed by atoms with Crippen LogP contribution in [0.5, 0.6) is 11.5 Å². The lowest BCUT2D eigenvalue weighted by Crippen LogP contribution is -2.27. The molecular formula is C24H22F3N7O4S2. The molecule has 0 spiro atoms. The number of benzene rings is 2. The van der Waals surface area contributed by atoms with Gasteiger partial charge in [0.1, 0.15) is 16.5 Å². The molecule has 16 heteroatoms. The van der Waals surface area contributed by atoms with Gasteiger partial charge in [-0.15, -0.1) is 20.4 Å². The maximum atomic E-state index is 13.4. The predicted octanol–water partition coefficient (Wildman–Crippen LogP) is 4.12. The van der Waals surface area contributed by atoms with E-state index < -0.39 is 23.2 Å². The molecule has 2 heterocycles. The lowest BCUT2D eigenvalue weighted by atomic mass is 10.1. The van der Waals surface area contributed by atoms with Crippen molar-refractivity contribution in [3.05, 3.63) is 64.4 Å². The molecule has 4 aromatic rings. The number of nitrogens with zero attached hydrogens (tertiary/aromatic N) is 5. The molecule has 0 fully saturated rings. The third kappa shape index (κ3) is 6.69. The monoisotopic (exact) mass is 593 g/mol. The minimum atomic E-state index is -4.71. The van der Waals surface area contributed by atoms with Crippen molar-refractivity contribution in [2.24, 2.45) is 0 Å². The summed E-state index contributed by atoms with van der Waals surface area (Å²) in [4.78, 5) is 25.3. The molecule has 4 rings (SSSR count). The van der Waals surface area contributed by atoms with Gasteiger partial charge in [-0.1, -0.05) is 35.2 Å². The molecule has 0 unspecified atom stereocenters. The fraction of sp³-hybridized carbons (Fsp3) is 0.250. The van der Waals surface area contributed by atoms with Gasteiger partial charge in [-0.2, -0.15) is 13.2 Å². The Morgan fingerprint density at radius 2 is 1.82 bits per heavy atom. The molecule has 0 saturated heterocycles. The van der Waals surface area contributed by atoms with Crippen LogP contribution in [-0.2, 0) is 17.5 Å². The molecule has 0 aliphatic rings. The second kappa shape index (κ2) is 12.3. The summed E-state index contributed by atoms with van der Waals surface area (Å²) in [5.41, 5.74) is -1.16.